The number of aromatic nitrogens is 1. The lowest BCUT2D eigenvalue weighted by Crippen LogP contribution is -2.13. The summed E-state index contributed by atoms with van der Waals surface area (Å²) in [6.07, 6.45) is 4.19. The van der Waals surface area contributed by atoms with Crippen LogP contribution in [0.3, 0.4) is 0 Å². The van der Waals surface area contributed by atoms with E-state index in [4.69, 9.17) is 10.6 Å². The molecule has 0 aromatic carbocycles. The van der Waals surface area contributed by atoms with Crippen LogP contribution in [-0.2, 0) is 11.3 Å². The Morgan fingerprint density at radius 1 is 1.60 bits per heavy atom. The van der Waals surface area contributed by atoms with Gasteiger partial charge in [0, 0.05) is 11.8 Å². The highest BCUT2D eigenvalue weighted by Crippen LogP contribution is 2.13. The molecule has 0 bridgehead atoms. The number of hydrogen-bond acceptors (Lipinski definition) is 4. The van der Waals surface area contributed by atoms with Crippen molar-refractivity contribution in [1.29, 1.82) is 0 Å². The van der Waals surface area contributed by atoms with Crippen LogP contribution in [0.2, 0.25) is 0 Å². The molecule has 0 saturated carbocycles. The number of pyridine rings is 1. The summed E-state index contributed by atoms with van der Waals surface area (Å²) in [6, 6.07) is 3.84. The SMILES string of the molecule is CCCC(C)OCc1cccnc1NN. The second-order valence-electron chi connectivity index (χ2n) is 3.57. The molecule has 0 spiro atoms. The minimum Gasteiger partial charge on any atom is -0.374 e. The molecular formula is C11H19N3O. The molecule has 0 aliphatic carbocycles. The molecule has 0 fully saturated rings. The Hall–Kier alpha value is -1.13. The Morgan fingerprint density at radius 2 is 2.40 bits per heavy atom. The molecule has 0 aliphatic rings. The molecular weight excluding hydrogens is 190 g/mol. The van der Waals surface area contributed by atoms with Gasteiger partial charge in [-0.1, -0.05) is 19.4 Å². The fourth-order valence-electron chi connectivity index (χ4n) is 1.41. The number of nitrogens with zero attached hydrogens (tertiary/aromatic N) is 1. The molecule has 0 amide bonds. The number of hydrogen-bond donors (Lipinski definition) is 2. The van der Waals surface area contributed by atoms with Crippen LogP contribution >= 0.6 is 0 Å². The molecule has 1 rings (SSSR count). The molecule has 1 atom stereocenters. The van der Waals surface area contributed by atoms with Crippen molar-refractivity contribution < 1.29 is 4.74 Å². The summed E-state index contributed by atoms with van der Waals surface area (Å²) >= 11 is 0. The smallest absolute Gasteiger partial charge is 0.145 e. The summed E-state index contributed by atoms with van der Waals surface area (Å²) in [5.41, 5.74) is 3.55. The molecule has 4 nitrogen and oxygen atoms in total. The van der Waals surface area contributed by atoms with Crippen molar-refractivity contribution in [2.75, 3.05) is 5.43 Å². The average molecular weight is 209 g/mol. The summed E-state index contributed by atoms with van der Waals surface area (Å²) < 4.78 is 5.68. The van der Waals surface area contributed by atoms with Crippen LogP contribution in [0.4, 0.5) is 5.82 Å². The number of nitrogen functional groups attached to an aromatic ring is 1. The van der Waals surface area contributed by atoms with Crippen LogP contribution in [0.15, 0.2) is 18.3 Å². The van der Waals surface area contributed by atoms with Crippen molar-refractivity contribution in [3.05, 3.63) is 23.9 Å². The summed E-state index contributed by atoms with van der Waals surface area (Å²) in [5, 5.41) is 0. The molecule has 1 aromatic rings. The van der Waals surface area contributed by atoms with Crippen LogP contribution in [0.5, 0.6) is 0 Å². The molecule has 84 valence electrons. The zero-order valence-electron chi connectivity index (χ0n) is 9.36. The zero-order valence-corrected chi connectivity index (χ0v) is 9.36. The Bertz CT molecular complexity index is 291. The molecule has 4 heteroatoms. The highest BCUT2D eigenvalue weighted by Gasteiger charge is 2.04. The van der Waals surface area contributed by atoms with E-state index in [1.54, 1.807) is 6.20 Å². The second kappa shape index (κ2) is 6.37. The van der Waals surface area contributed by atoms with Gasteiger partial charge in [0.25, 0.3) is 0 Å². The lowest BCUT2D eigenvalue weighted by atomic mass is 10.2. The predicted octanol–water partition coefficient (Wildman–Crippen LogP) is 2.07. The fourth-order valence-corrected chi connectivity index (χ4v) is 1.41. The van der Waals surface area contributed by atoms with Gasteiger partial charge in [0.2, 0.25) is 0 Å². The van der Waals surface area contributed by atoms with Crippen LogP contribution in [0, 0.1) is 0 Å². The van der Waals surface area contributed by atoms with E-state index in [0.717, 1.165) is 18.4 Å². The van der Waals surface area contributed by atoms with Crippen molar-refractivity contribution in [2.24, 2.45) is 5.84 Å². The van der Waals surface area contributed by atoms with Crippen LogP contribution in [0.25, 0.3) is 0 Å². The number of anilines is 1. The summed E-state index contributed by atoms with van der Waals surface area (Å²) in [6.45, 7) is 4.78. The van der Waals surface area contributed by atoms with Crippen LogP contribution < -0.4 is 11.3 Å². The molecule has 1 unspecified atom stereocenters. The third-order valence-electron chi connectivity index (χ3n) is 2.25. The maximum absolute atomic E-state index is 5.68. The second-order valence-corrected chi connectivity index (χ2v) is 3.57. The Balaban J connectivity index is 2.49. The van der Waals surface area contributed by atoms with Gasteiger partial charge in [-0.15, -0.1) is 0 Å². The lowest BCUT2D eigenvalue weighted by molar-refractivity contribution is 0.0473. The molecule has 0 aliphatic heterocycles. The first-order chi connectivity index (χ1) is 7.27. The quantitative estimate of drug-likeness (QED) is 0.556. The van der Waals surface area contributed by atoms with Crippen molar-refractivity contribution in [3.63, 3.8) is 0 Å². The van der Waals surface area contributed by atoms with Crippen LogP contribution in [0.1, 0.15) is 32.3 Å². The van der Waals surface area contributed by atoms with Crippen molar-refractivity contribution >= 4 is 5.82 Å². The minimum atomic E-state index is 0.279. The van der Waals surface area contributed by atoms with Crippen molar-refractivity contribution in [2.45, 2.75) is 39.4 Å². The van der Waals surface area contributed by atoms with Gasteiger partial charge in [-0.3, -0.25) is 0 Å². The van der Waals surface area contributed by atoms with E-state index in [-0.39, 0.29) is 6.10 Å². The standard InChI is InChI=1S/C11H19N3O/c1-3-5-9(2)15-8-10-6-4-7-13-11(10)14-12/h4,6-7,9H,3,5,8,12H2,1-2H3,(H,13,14). The van der Waals surface area contributed by atoms with Gasteiger partial charge < -0.3 is 10.2 Å². The molecule has 15 heavy (non-hydrogen) atoms. The summed E-state index contributed by atoms with van der Waals surface area (Å²) in [7, 11) is 0. The molecule has 1 heterocycles. The normalized spacial score (nSPS) is 12.5. The van der Waals surface area contributed by atoms with Gasteiger partial charge in [0.15, 0.2) is 0 Å². The number of nitrogens with two attached hydrogens (primary N) is 1. The predicted molar refractivity (Wildman–Crippen MR) is 61.2 cm³/mol. The van der Waals surface area contributed by atoms with Crippen molar-refractivity contribution in [3.8, 4) is 0 Å². The lowest BCUT2D eigenvalue weighted by Gasteiger charge is -2.13. The first-order valence-electron chi connectivity index (χ1n) is 5.30. The number of nitrogens with one attached hydrogen (secondary N) is 1. The minimum absolute atomic E-state index is 0.279. The number of rotatable bonds is 6. The summed E-state index contributed by atoms with van der Waals surface area (Å²) in [5.74, 6) is 6.03. The Labute approximate surface area is 90.8 Å². The van der Waals surface area contributed by atoms with E-state index in [9.17, 15) is 0 Å². The van der Waals surface area contributed by atoms with E-state index in [1.165, 1.54) is 0 Å². The summed E-state index contributed by atoms with van der Waals surface area (Å²) in [4.78, 5) is 4.10. The van der Waals surface area contributed by atoms with Gasteiger partial charge in [-0.05, 0) is 19.4 Å². The van der Waals surface area contributed by atoms with E-state index in [1.807, 2.05) is 12.1 Å². The third kappa shape index (κ3) is 3.85. The van der Waals surface area contributed by atoms with Crippen molar-refractivity contribution in [1.82, 2.24) is 4.98 Å². The maximum atomic E-state index is 5.68. The Morgan fingerprint density at radius 3 is 3.07 bits per heavy atom. The highest BCUT2D eigenvalue weighted by molar-refractivity contribution is 5.41. The zero-order chi connectivity index (χ0) is 11.1. The van der Waals surface area contributed by atoms with Gasteiger partial charge in [0.1, 0.15) is 5.82 Å². The van der Waals surface area contributed by atoms with Gasteiger partial charge >= 0.3 is 0 Å². The molecule has 0 radical (unpaired) electrons. The first-order valence-corrected chi connectivity index (χ1v) is 5.30. The monoisotopic (exact) mass is 209 g/mol. The van der Waals surface area contributed by atoms with Gasteiger partial charge in [-0.25, -0.2) is 10.8 Å². The number of ether oxygens (including phenoxy) is 1. The van der Waals surface area contributed by atoms with E-state index in [2.05, 4.69) is 24.3 Å². The fraction of sp³-hybridized carbons (Fsp3) is 0.545. The molecule has 3 N–H and O–H groups in total. The highest BCUT2D eigenvalue weighted by atomic mass is 16.5. The molecule has 1 aromatic heterocycles. The van der Waals surface area contributed by atoms with Gasteiger partial charge in [-0.2, -0.15) is 0 Å². The largest absolute Gasteiger partial charge is 0.374 e. The maximum Gasteiger partial charge on any atom is 0.145 e. The van der Waals surface area contributed by atoms with E-state index >= 15 is 0 Å². The first kappa shape index (κ1) is 11.9. The topological polar surface area (TPSA) is 60.2 Å². The van der Waals surface area contributed by atoms with E-state index < -0.39 is 0 Å². The van der Waals surface area contributed by atoms with E-state index in [0.29, 0.717) is 12.4 Å². The molecule has 0 saturated heterocycles. The third-order valence-corrected chi connectivity index (χ3v) is 2.25. The number of hydrazine groups is 1. The van der Waals surface area contributed by atoms with Crippen LogP contribution in [-0.4, -0.2) is 11.1 Å². The Kier molecular flexibility index (Phi) is 5.07. The van der Waals surface area contributed by atoms with Gasteiger partial charge in [0.05, 0.1) is 12.7 Å². The average Bonchev–Trinajstić information content (AvgIpc) is 2.27.